The molecule has 0 amide bonds. The lowest BCUT2D eigenvalue weighted by atomic mass is 10.1. The highest BCUT2D eigenvalue weighted by molar-refractivity contribution is 5.70. The Morgan fingerprint density at radius 2 is 1.57 bits per heavy atom. The highest BCUT2D eigenvalue weighted by Gasteiger charge is 2.52. The van der Waals surface area contributed by atoms with Crippen molar-refractivity contribution in [1.82, 2.24) is 0 Å². The molecule has 1 fully saturated rings. The third-order valence-corrected chi connectivity index (χ3v) is 4.32. The van der Waals surface area contributed by atoms with Crippen LogP contribution in [-0.4, -0.2) is 34.5 Å². The molecule has 4 nitrogen and oxygen atoms in total. The first-order valence-electron chi connectivity index (χ1n) is 8.65. The van der Waals surface area contributed by atoms with Gasteiger partial charge in [-0.25, -0.2) is 0 Å². The Bertz CT molecular complexity index is 287. The van der Waals surface area contributed by atoms with E-state index in [9.17, 15) is 9.90 Å². The zero-order chi connectivity index (χ0) is 15.6. The van der Waals surface area contributed by atoms with E-state index in [1.54, 1.807) is 0 Å². The molecule has 1 aliphatic carbocycles. The lowest BCUT2D eigenvalue weighted by Crippen LogP contribution is -2.36. The molecule has 1 atom stereocenters. The molecule has 4 heteroatoms. The standard InChI is InChI=1S/C17H32O4/c1-2-3-4-5-6-7-8-9-10-11-16(20)21-17(12-13-17)15(19)14-18/h15,18-19H,2-14H2,1H3. The average molecular weight is 300 g/mol. The molecular weight excluding hydrogens is 268 g/mol. The molecule has 0 spiro atoms. The van der Waals surface area contributed by atoms with Crippen molar-refractivity contribution in [2.24, 2.45) is 0 Å². The number of hydrogen-bond donors (Lipinski definition) is 2. The summed E-state index contributed by atoms with van der Waals surface area (Å²) in [6.07, 6.45) is 11.8. The quantitative estimate of drug-likeness (QED) is 0.404. The van der Waals surface area contributed by atoms with Crippen LogP contribution in [0.2, 0.25) is 0 Å². The minimum Gasteiger partial charge on any atom is -0.456 e. The normalized spacial score (nSPS) is 17.5. The maximum Gasteiger partial charge on any atom is 0.306 e. The number of carbonyl (C=O) groups excluding carboxylic acids is 1. The van der Waals surface area contributed by atoms with Crippen LogP contribution in [0.1, 0.15) is 84.0 Å². The summed E-state index contributed by atoms with van der Waals surface area (Å²) in [5.41, 5.74) is -0.773. The van der Waals surface area contributed by atoms with Crippen LogP contribution in [0.4, 0.5) is 0 Å². The van der Waals surface area contributed by atoms with Crippen LogP contribution in [0.25, 0.3) is 0 Å². The smallest absolute Gasteiger partial charge is 0.306 e. The van der Waals surface area contributed by atoms with Gasteiger partial charge in [0.2, 0.25) is 0 Å². The second-order valence-corrected chi connectivity index (χ2v) is 6.32. The summed E-state index contributed by atoms with van der Waals surface area (Å²) in [6, 6.07) is 0. The van der Waals surface area contributed by atoms with E-state index in [4.69, 9.17) is 9.84 Å². The van der Waals surface area contributed by atoms with E-state index in [0.29, 0.717) is 19.3 Å². The van der Waals surface area contributed by atoms with Crippen molar-refractivity contribution < 1.29 is 19.7 Å². The van der Waals surface area contributed by atoms with Crippen molar-refractivity contribution in [3.8, 4) is 0 Å². The highest BCUT2D eigenvalue weighted by Crippen LogP contribution is 2.43. The molecule has 124 valence electrons. The van der Waals surface area contributed by atoms with Gasteiger partial charge in [0.1, 0.15) is 11.7 Å². The van der Waals surface area contributed by atoms with E-state index in [0.717, 1.165) is 12.8 Å². The van der Waals surface area contributed by atoms with Gasteiger partial charge >= 0.3 is 5.97 Å². The highest BCUT2D eigenvalue weighted by atomic mass is 16.6. The minimum atomic E-state index is -0.926. The summed E-state index contributed by atoms with van der Waals surface area (Å²) < 4.78 is 5.32. The van der Waals surface area contributed by atoms with Gasteiger partial charge in [-0.05, 0) is 19.3 Å². The van der Waals surface area contributed by atoms with Crippen LogP contribution >= 0.6 is 0 Å². The summed E-state index contributed by atoms with van der Waals surface area (Å²) in [4.78, 5) is 11.7. The molecule has 0 aliphatic heterocycles. The number of esters is 1. The molecule has 1 rings (SSSR count). The van der Waals surface area contributed by atoms with Crippen molar-refractivity contribution in [2.75, 3.05) is 6.61 Å². The lowest BCUT2D eigenvalue weighted by Gasteiger charge is -2.20. The van der Waals surface area contributed by atoms with Crippen molar-refractivity contribution in [3.63, 3.8) is 0 Å². The molecule has 0 heterocycles. The Morgan fingerprint density at radius 3 is 2.05 bits per heavy atom. The number of carbonyl (C=O) groups is 1. The number of aliphatic hydroxyl groups is 2. The van der Waals surface area contributed by atoms with Gasteiger partial charge in [-0.3, -0.25) is 4.79 Å². The predicted octanol–water partition coefficient (Wildman–Crippen LogP) is 3.34. The van der Waals surface area contributed by atoms with Gasteiger partial charge in [0.25, 0.3) is 0 Å². The van der Waals surface area contributed by atoms with Crippen LogP contribution in [0.3, 0.4) is 0 Å². The lowest BCUT2D eigenvalue weighted by molar-refractivity contribution is -0.160. The molecule has 0 radical (unpaired) electrons. The third kappa shape index (κ3) is 7.28. The maximum atomic E-state index is 11.7. The largest absolute Gasteiger partial charge is 0.456 e. The Labute approximate surface area is 128 Å². The average Bonchev–Trinajstić information content (AvgIpc) is 3.25. The van der Waals surface area contributed by atoms with Gasteiger partial charge in [-0.1, -0.05) is 58.3 Å². The molecule has 21 heavy (non-hydrogen) atoms. The Balaban J connectivity index is 1.95. The van der Waals surface area contributed by atoms with E-state index >= 15 is 0 Å². The Kier molecular flexibility index (Phi) is 8.93. The summed E-state index contributed by atoms with van der Waals surface area (Å²) in [6.45, 7) is 1.88. The zero-order valence-corrected chi connectivity index (χ0v) is 13.5. The van der Waals surface area contributed by atoms with Gasteiger partial charge in [0.15, 0.2) is 0 Å². The maximum absolute atomic E-state index is 11.7. The second-order valence-electron chi connectivity index (χ2n) is 6.32. The van der Waals surface area contributed by atoms with E-state index < -0.39 is 11.7 Å². The fourth-order valence-electron chi connectivity index (χ4n) is 2.65. The fourth-order valence-corrected chi connectivity index (χ4v) is 2.65. The molecule has 0 saturated heterocycles. The zero-order valence-electron chi connectivity index (χ0n) is 13.5. The van der Waals surface area contributed by atoms with Crippen LogP contribution in [-0.2, 0) is 9.53 Å². The van der Waals surface area contributed by atoms with Crippen molar-refractivity contribution in [1.29, 1.82) is 0 Å². The molecule has 0 aromatic heterocycles. The number of unbranched alkanes of at least 4 members (excludes halogenated alkanes) is 8. The molecule has 0 aromatic carbocycles. The third-order valence-electron chi connectivity index (χ3n) is 4.32. The Morgan fingerprint density at radius 1 is 1.05 bits per heavy atom. The summed E-state index contributed by atoms with van der Waals surface area (Å²) in [7, 11) is 0. The minimum absolute atomic E-state index is 0.233. The first kappa shape index (κ1) is 18.4. The number of aliphatic hydroxyl groups excluding tert-OH is 2. The Hall–Kier alpha value is -0.610. The SMILES string of the molecule is CCCCCCCCCCCC(=O)OC1(C(O)CO)CC1. The van der Waals surface area contributed by atoms with Crippen LogP contribution in [0, 0.1) is 0 Å². The summed E-state index contributed by atoms with van der Waals surface area (Å²) >= 11 is 0. The van der Waals surface area contributed by atoms with Gasteiger partial charge in [-0.15, -0.1) is 0 Å². The molecule has 1 aliphatic rings. The number of ether oxygens (including phenoxy) is 1. The number of rotatable bonds is 13. The van der Waals surface area contributed by atoms with Crippen LogP contribution in [0.15, 0.2) is 0 Å². The topological polar surface area (TPSA) is 66.8 Å². The molecule has 2 N–H and O–H groups in total. The van der Waals surface area contributed by atoms with Crippen molar-refractivity contribution >= 4 is 5.97 Å². The van der Waals surface area contributed by atoms with Crippen molar-refractivity contribution in [2.45, 2.75) is 95.7 Å². The van der Waals surface area contributed by atoms with Crippen LogP contribution < -0.4 is 0 Å². The molecule has 0 bridgehead atoms. The van der Waals surface area contributed by atoms with Gasteiger partial charge in [0, 0.05) is 6.42 Å². The van der Waals surface area contributed by atoms with Gasteiger partial charge < -0.3 is 14.9 Å². The summed E-state index contributed by atoms with van der Waals surface area (Å²) in [5.74, 6) is -0.233. The van der Waals surface area contributed by atoms with Crippen molar-refractivity contribution in [3.05, 3.63) is 0 Å². The number of hydrogen-bond acceptors (Lipinski definition) is 4. The first-order chi connectivity index (χ1) is 10.1. The molecular formula is C17H32O4. The molecule has 1 saturated carbocycles. The van der Waals surface area contributed by atoms with Gasteiger partial charge in [0.05, 0.1) is 6.61 Å². The first-order valence-corrected chi connectivity index (χ1v) is 8.65. The van der Waals surface area contributed by atoms with E-state index in [1.165, 1.54) is 44.9 Å². The van der Waals surface area contributed by atoms with E-state index in [1.807, 2.05) is 0 Å². The fraction of sp³-hybridized carbons (Fsp3) is 0.941. The second kappa shape index (κ2) is 10.2. The monoisotopic (exact) mass is 300 g/mol. The molecule has 0 aromatic rings. The molecule has 1 unspecified atom stereocenters. The summed E-state index contributed by atoms with van der Waals surface area (Å²) in [5, 5.41) is 18.5. The van der Waals surface area contributed by atoms with Crippen LogP contribution in [0.5, 0.6) is 0 Å². The van der Waals surface area contributed by atoms with E-state index in [-0.39, 0.29) is 12.6 Å². The van der Waals surface area contributed by atoms with E-state index in [2.05, 4.69) is 6.92 Å². The predicted molar refractivity (Wildman–Crippen MR) is 83.0 cm³/mol. The van der Waals surface area contributed by atoms with Gasteiger partial charge in [-0.2, -0.15) is 0 Å².